The third kappa shape index (κ3) is 3.31. The Hall–Kier alpha value is -2.96. The average Bonchev–Trinajstić information content (AvgIpc) is 2.93. The summed E-state index contributed by atoms with van der Waals surface area (Å²) in [5.74, 6) is 0.528. The molecule has 0 fully saturated rings. The van der Waals surface area contributed by atoms with Gasteiger partial charge in [-0.3, -0.25) is 9.59 Å². The molecule has 3 rings (SSSR count). The first kappa shape index (κ1) is 16.9. The molecule has 7 heteroatoms. The van der Waals surface area contributed by atoms with Crippen LogP contribution in [0.3, 0.4) is 0 Å². The zero-order valence-electron chi connectivity index (χ0n) is 14.5. The molecule has 0 unspecified atom stereocenters. The summed E-state index contributed by atoms with van der Waals surface area (Å²) in [4.78, 5) is 24.6. The van der Waals surface area contributed by atoms with Gasteiger partial charge in [0.2, 0.25) is 0 Å². The van der Waals surface area contributed by atoms with Crippen LogP contribution in [-0.2, 0) is 13.5 Å². The molecule has 2 aromatic heterocycles. The molecular weight excluding hydrogens is 320 g/mol. The summed E-state index contributed by atoms with van der Waals surface area (Å²) in [5, 5.41) is 12.0. The molecule has 3 aromatic rings. The van der Waals surface area contributed by atoms with Crippen LogP contribution in [0.1, 0.15) is 33.9 Å². The number of carbonyl (C=O) groups is 1. The van der Waals surface area contributed by atoms with Crippen LogP contribution in [0.4, 0.5) is 0 Å². The molecule has 130 valence electrons. The molecule has 1 N–H and O–H groups in total. The molecule has 0 atom stereocenters. The smallest absolute Gasteiger partial charge is 0.274 e. The molecule has 0 spiro atoms. The normalized spacial score (nSPS) is 11.0. The van der Waals surface area contributed by atoms with E-state index in [0.717, 1.165) is 29.9 Å². The highest BCUT2D eigenvalue weighted by Crippen LogP contribution is 2.15. The molecule has 0 saturated carbocycles. The molecule has 0 aliphatic rings. The number of rotatable bonds is 5. The second-order valence-electron chi connectivity index (χ2n) is 5.99. The van der Waals surface area contributed by atoms with Crippen LogP contribution in [0, 0.1) is 13.8 Å². The number of carbonyl (C=O) groups excluding carboxylic acids is 1. The van der Waals surface area contributed by atoms with Crippen molar-refractivity contribution in [3.63, 3.8) is 0 Å². The van der Waals surface area contributed by atoms with E-state index in [1.165, 1.54) is 4.68 Å². The fraction of sp³-hybridized carbons (Fsp3) is 0.333. The van der Waals surface area contributed by atoms with Crippen molar-refractivity contribution in [2.75, 3.05) is 6.54 Å². The SMILES string of the molecule is Cc1noc(C)c1CCCNC(=O)c1nn(C)c(=O)c2ccccc12. The van der Waals surface area contributed by atoms with Crippen LogP contribution in [0.2, 0.25) is 0 Å². The number of fused-ring (bicyclic) bond motifs is 1. The molecule has 1 amide bonds. The summed E-state index contributed by atoms with van der Waals surface area (Å²) in [6.45, 7) is 4.29. The van der Waals surface area contributed by atoms with Gasteiger partial charge in [-0.05, 0) is 32.8 Å². The first-order chi connectivity index (χ1) is 12.0. The van der Waals surface area contributed by atoms with Gasteiger partial charge in [-0.25, -0.2) is 4.68 Å². The van der Waals surface area contributed by atoms with E-state index in [0.29, 0.717) is 17.3 Å². The van der Waals surface area contributed by atoms with E-state index in [1.54, 1.807) is 31.3 Å². The van der Waals surface area contributed by atoms with Crippen LogP contribution < -0.4 is 10.9 Å². The highest BCUT2D eigenvalue weighted by Gasteiger charge is 2.15. The van der Waals surface area contributed by atoms with Crippen molar-refractivity contribution in [3.05, 3.63) is 57.3 Å². The summed E-state index contributed by atoms with van der Waals surface area (Å²) in [7, 11) is 1.54. The molecule has 25 heavy (non-hydrogen) atoms. The van der Waals surface area contributed by atoms with Gasteiger partial charge in [0.25, 0.3) is 11.5 Å². The van der Waals surface area contributed by atoms with Crippen molar-refractivity contribution in [2.24, 2.45) is 7.05 Å². The molecule has 0 saturated heterocycles. The predicted molar refractivity (Wildman–Crippen MR) is 93.6 cm³/mol. The molecule has 7 nitrogen and oxygen atoms in total. The van der Waals surface area contributed by atoms with E-state index >= 15 is 0 Å². The van der Waals surface area contributed by atoms with Gasteiger partial charge in [-0.15, -0.1) is 0 Å². The molecule has 0 radical (unpaired) electrons. The number of aryl methyl sites for hydroxylation is 3. The van der Waals surface area contributed by atoms with E-state index in [9.17, 15) is 9.59 Å². The topological polar surface area (TPSA) is 90.0 Å². The van der Waals surface area contributed by atoms with Gasteiger partial charge in [-0.2, -0.15) is 5.10 Å². The van der Waals surface area contributed by atoms with Gasteiger partial charge in [0, 0.05) is 24.5 Å². The Morgan fingerprint density at radius 1 is 1.24 bits per heavy atom. The van der Waals surface area contributed by atoms with Gasteiger partial charge >= 0.3 is 0 Å². The highest BCUT2D eigenvalue weighted by molar-refractivity contribution is 6.04. The van der Waals surface area contributed by atoms with Crippen molar-refractivity contribution in [2.45, 2.75) is 26.7 Å². The fourth-order valence-corrected chi connectivity index (χ4v) is 2.88. The number of aromatic nitrogens is 3. The lowest BCUT2D eigenvalue weighted by Crippen LogP contribution is -2.30. The molecule has 0 bridgehead atoms. The third-order valence-electron chi connectivity index (χ3n) is 4.24. The molecule has 1 aromatic carbocycles. The minimum Gasteiger partial charge on any atom is -0.361 e. The quantitative estimate of drug-likeness (QED) is 0.717. The maximum absolute atomic E-state index is 12.5. The monoisotopic (exact) mass is 340 g/mol. The summed E-state index contributed by atoms with van der Waals surface area (Å²) in [5.41, 5.74) is 2.01. The lowest BCUT2D eigenvalue weighted by molar-refractivity contribution is 0.0948. The summed E-state index contributed by atoms with van der Waals surface area (Å²) >= 11 is 0. The van der Waals surface area contributed by atoms with Crippen molar-refractivity contribution < 1.29 is 9.32 Å². The van der Waals surface area contributed by atoms with Crippen LogP contribution in [0.5, 0.6) is 0 Å². The predicted octanol–water partition coefficient (Wildman–Crippen LogP) is 1.90. The second-order valence-corrected chi connectivity index (χ2v) is 5.99. The van der Waals surface area contributed by atoms with Gasteiger partial charge in [0.1, 0.15) is 5.76 Å². The highest BCUT2D eigenvalue weighted by atomic mass is 16.5. The standard InChI is InChI=1S/C18H20N4O3/c1-11-13(12(2)25-21-11)9-6-10-19-17(23)16-14-7-4-5-8-15(14)18(24)22(3)20-16/h4-5,7-8H,6,9-10H2,1-3H3,(H,19,23). The van der Waals surface area contributed by atoms with E-state index < -0.39 is 0 Å². The van der Waals surface area contributed by atoms with Gasteiger partial charge < -0.3 is 9.84 Å². The Balaban J connectivity index is 1.71. The van der Waals surface area contributed by atoms with Gasteiger partial charge in [0.15, 0.2) is 5.69 Å². The number of hydrogen-bond acceptors (Lipinski definition) is 5. The molecular formula is C18H20N4O3. The van der Waals surface area contributed by atoms with Gasteiger partial charge in [0.05, 0.1) is 11.1 Å². The Bertz CT molecular complexity index is 968. The van der Waals surface area contributed by atoms with Crippen molar-refractivity contribution >= 4 is 16.7 Å². The lowest BCUT2D eigenvalue weighted by Gasteiger charge is -2.09. The molecule has 0 aliphatic carbocycles. The van der Waals surface area contributed by atoms with E-state index in [4.69, 9.17) is 4.52 Å². The Morgan fingerprint density at radius 2 is 1.96 bits per heavy atom. The van der Waals surface area contributed by atoms with E-state index in [-0.39, 0.29) is 17.2 Å². The Kier molecular flexibility index (Phi) is 4.65. The van der Waals surface area contributed by atoms with Crippen LogP contribution in [0.25, 0.3) is 10.8 Å². The van der Waals surface area contributed by atoms with Crippen LogP contribution >= 0.6 is 0 Å². The zero-order chi connectivity index (χ0) is 18.0. The van der Waals surface area contributed by atoms with Crippen molar-refractivity contribution in [1.82, 2.24) is 20.3 Å². The van der Waals surface area contributed by atoms with Crippen LogP contribution in [-0.4, -0.2) is 27.4 Å². The lowest BCUT2D eigenvalue weighted by atomic mass is 10.1. The first-order valence-electron chi connectivity index (χ1n) is 8.15. The number of amides is 1. The number of hydrogen-bond donors (Lipinski definition) is 1. The number of benzene rings is 1. The second kappa shape index (κ2) is 6.88. The van der Waals surface area contributed by atoms with E-state index in [2.05, 4.69) is 15.6 Å². The third-order valence-corrected chi connectivity index (χ3v) is 4.24. The zero-order valence-corrected chi connectivity index (χ0v) is 14.5. The summed E-state index contributed by atoms with van der Waals surface area (Å²) in [6.07, 6.45) is 1.54. The summed E-state index contributed by atoms with van der Waals surface area (Å²) in [6, 6.07) is 7.00. The van der Waals surface area contributed by atoms with Crippen molar-refractivity contribution in [3.8, 4) is 0 Å². The Morgan fingerprint density at radius 3 is 2.64 bits per heavy atom. The first-order valence-corrected chi connectivity index (χ1v) is 8.15. The number of nitrogens with zero attached hydrogens (tertiary/aromatic N) is 3. The largest absolute Gasteiger partial charge is 0.361 e. The fourth-order valence-electron chi connectivity index (χ4n) is 2.88. The molecule has 0 aliphatic heterocycles. The number of nitrogens with one attached hydrogen (secondary N) is 1. The van der Waals surface area contributed by atoms with E-state index in [1.807, 2.05) is 13.8 Å². The molecule has 2 heterocycles. The Labute approximate surface area is 144 Å². The maximum atomic E-state index is 12.5. The summed E-state index contributed by atoms with van der Waals surface area (Å²) < 4.78 is 6.33. The maximum Gasteiger partial charge on any atom is 0.274 e. The average molecular weight is 340 g/mol. The minimum atomic E-state index is -0.287. The van der Waals surface area contributed by atoms with Crippen LogP contribution in [0.15, 0.2) is 33.6 Å². The van der Waals surface area contributed by atoms with Crippen molar-refractivity contribution in [1.29, 1.82) is 0 Å². The van der Waals surface area contributed by atoms with Gasteiger partial charge in [-0.1, -0.05) is 23.4 Å². The minimum absolute atomic E-state index is 0.217.